The summed E-state index contributed by atoms with van der Waals surface area (Å²) in [5.41, 5.74) is 5.07. The molecule has 0 bridgehead atoms. The number of ether oxygens (including phenoxy) is 1. The third-order valence-electron chi connectivity index (χ3n) is 2.24. The fourth-order valence-corrected chi connectivity index (χ4v) is 1.56. The maximum atomic E-state index is 10.6. The number of pyridine rings is 1. The molecule has 2 N–H and O–H groups in total. The molecule has 15 heavy (non-hydrogen) atoms. The lowest BCUT2D eigenvalue weighted by Gasteiger charge is -2.37. The average Bonchev–Trinajstić information content (AvgIpc) is 2.15. The van der Waals surface area contributed by atoms with Crippen LogP contribution in [0.3, 0.4) is 0 Å². The Morgan fingerprint density at radius 1 is 1.67 bits per heavy atom. The number of primary amides is 1. The molecule has 0 atom stereocenters. The molecular weight excluding hydrogens is 194 g/mol. The van der Waals surface area contributed by atoms with Gasteiger partial charge in [0.05, 0.1) is 12.7 Å². The van der Waals surface area contributed by atoms with Crippen LogP contribution in [0.25, 0.3) is 0 Å². The molecule has 1 aliphatic rings. The minimum Gasteiger partial charge on any atom is -0.486 e. The molecule has 1 amide bonds. The number of likely N-dealkylation sites (tertiary alicyclic amines) is 1. The third kappa shape index (κ3) is 2.66. The van der Waals surface area contributed by atoms with Crippen molar-refractivity contribution in [3.05, 3.63) is 24.5 Å². The van der Waals surface area contributed by atoms with Crippen molar-refractivity contribution in [1.82, 2.24) is 9.88 Å². The van der Waals surface area contributed by atoms with Gasteiger partial charge in [-0.15, -0.1) is 0 Å². The molecule has 1 fully saturated rings. The zero-order valence-corrected chi connectivity index (χ0v) is 8.30. The SMILES string of the molecule is NC(=O)CN1CC(Oc2cccnc2)C1. The Hall–Kier alpha value is -1.62. The predicted molar refractivity (Wildman–Crippen MR) is 54.3 cm³/mol. The van der Waals surface area contributed by atoms with Gasteiger partial charge in [-0.1, -0.05) is 0 Å². The van der Waals surface area contributed by atoms with E-state index in [9.17, 15) is 4.79 Å². The number of nitrogens with two attached hydrogens (primary N) is 1. The minimum absolute atomic E-state index is 0.147. The first-order valence-corrected chi connectivity index (χ1v) is 4.81. The van der Waals surface area contributed by atoms with Gasteiger partial charge < -0.3 is 10.5 Å². The summed E-state index contributed by atoms with van der Waals surface area (Å²) in [7, 11) is 0. The van der Waals surface area contributed by atoms with Crippen molar-refractivity contribution in [2.75, 3.05) is 19.6 Å². The molecule has 0 aromatic carbocycles. The maximum Gasteiger partial charge on any atom is 0.231 e. The fraction of sp³-hybridized carbons (Fsp3) is 0.400. The van der Waals surface area contributed by atoms with Gasteiger partial charge in [-0.2, -0.15) is 0 Å². The molecule has 1 aromatic rings. The first-order chi connectivity index (χ1) is 7.24. The van der Waals surface area contributed by atoms with Crippen LogP contribution < -0.4 is 10.5 Å². The molecule has 0 radical (unpaired) electrons. The van der Waals surface area contributed by atoms with E-state index in [1.165, 1.54) is 0 Å². The second-order valence-electron chi connectivity index (χ2n) is 3.59. The van der Waals surface area contributed by atoms with Crippen LogP contribution in [0.15, 0.2) is 24.5 Å². The summed E-state index contributed by atoms with van der Waals surface area (Å²) in [5, 5.41) is 0. The number of hydrogen-bond acceptors (Lipinski definition) is 4. The largest absolute Gasteiger partial charge is 0.486 e. The van der Waals surface area contributed by atoms with Gasteiger partial charge in [-0.25, -0.2) is 0 Å². The lowest BCUT2D eigenvalue weighted by molar-refractivity contribution is -0.121. The summed E-state index contributed by atoms with van der Waals surface area (Å²) in [4.78, 5) is 16.5. The van der Waals surface area contributed by atoms with Crippen LogP contribution in [-0.4, -0.2) is 41.5 Å². The van der Waals surface area contributed by atoms with Gasteiger partial charge in [-0.05, 0) is 12.1 Å². The van der Waals surface area contributed by atoms with E-state index >= 15 is 0 Å². The fourth-order valence-electron chi connectivity index (χ4n) is 1.56. The Morgan fingerprint density at radius 3 is 3.07 bits per heavy atom. The first-order valence-electron chi connectivity index (χ1n) is 4.81. The van der Waals surface area contributed by atoms with E-state index in [1.54, 1.807) is 12.4 Å². The molecule has 2 heterocycles. The Kier molecular flexibility index (Phi) is 2.82. The zero-order chi connectivity index (χ0) is 10.7. The van der Waals surface area contributed by atoms with Crippen LogP contribution in [0.4, 0.5) is 0 Å². The molecule has 1 saturated heterocycles. The molecule has 1 aliphatic heterocycles. The Labute approximate surface area is 87.8 Å². The second kappa shape index (κ2) is 4.27. The van der Waals surface area contributed by atoms with Gasteiger partial charge in [0.2, 0.25) is 5.91 Å². The van der Waals surface area contributed by atoms with Gasteiger partial charge in [0.15, 0.2) is 0 Å². The lowest BCUT2D eigenvalue weighted by atomic mass is 10.1. The van der Waals surface area contributed by atoms with Crippen molar-refractivity contribution in [2.45, 2.75) is 6.10 Å². The molecule has 2 rings (SSSR count). The Morgan fingerprint density at radius 2 is 2.47 bits per heavy atom. The molecule has 0 aliphatic carbocycles. The number of hydrogen-bond donors (Lipinski definition) is 1. The summed E-state index contributed by atoms with van der Waals surface area (Å²) in [6.45, 7) is 1.81. The second-order valence-corrected chi connectivity index (χ2v) is 3.59. The summed E-state index contributed by atoms with van der Waals surface area (Å²) >= 11 is 0. The van der Waals surface area contributed by atoms with Crippen LogP contribution >= 0.6 is 0 Å². The molecule has 1 aromatic heterocycles. The standard InChI is InChI=1S/C10H13N3O2/c11-10(14)7-13-5-9(6-13)15-8-2-1-3-12-4-8/h1-4,9H,5-7H2,(H2,11,14). The maximum absolute atomic E-state index is 10.6. The number of carbonyl (C=O) groups is 1. The molecule has 5 heteroatoms. The third-order valence-corrected chi connectivity index (χ3v) is 2.24. The Bertz CT molecular complexity index is 336. The van der Waals surface area contributed by atoms with Crippen LogP contribution in [0.2, 0.25) is 0 Å². The van der Waals surface area contributed by atoms with Crippen LogP contribution in [-0.2, 0) is 4.79 Å². The molecule has 0 spiro atoms. The highest BCUT2D eigenvalue weighted by Gasteiger charge is 2.29. The van der Waals surface area contributed by atoms with Gasteiger partial charge in [0, 0.05) is 19.3 Å². The lowest BCUT2D eigenvalue weighted by Crippen LogP contribution is -2.55. The van der Waals surface area contributed by atoms with Crippen molar-refractivity contribution in [3.8, 4) is 5.75 Å². The monoisotopic (exact) mass is 207 g/mol. The van der Waals surface area contributed by atoms with Gasteiger partial charge in [-0.3, -0.25) is 14.7 Å². The van der Waals surface area contributed by atoms with Crippen LogP contribution in [0, 0.1) is 0 Å². The highest BCUT2D eigenvalue weighted by Crippen LogP contribution is 2.15. The summed E-state index contributed by atoms with van der Waals surface area (Å²) < 4.78 is 5.61. The van der Waals surface area contributed by atoms with E-state index in [-0.39, 0.29) is 12.0 Å². The number of carbonyl (C=O) groups excluding carboxylic acids is 1. The van der Waals surface area contributed by atoms with E-state index in [4.69, 9.17) is 10.5 Å². The van der Waals surface area contributed by atoms with Crippen LogP contribution in [0.1, 0.15) is 0 Å². The van der Waals surface area contributed by atoms with E-state index in [2.05, 4.69) is 4.98 Å². The topological polar surface area (TPSA) is 68.5 Å². The average molecular weight is 207 g/mol. The number of rotatable bonds is 4. The number of nitrogens with zero attached hydrogens (tertiary/aromatic N) is 2. The number of aromatic nitrogens is 1. The summed E-state index contributed by atoms with van der Waals surface area (Å²) in [5.74, 6) is 0.469. The highest BCUT2D eigenvalue weighted by atomic mass is 16.5. The Balaban J connectivity index is 1.74. The minimum atomic E-state index is -0.296. The normalized spacial score (nSPS) is 17.1. The van der Waals surface area contributed by atoms with Crippen LogP contribution in [0.5, 0.6) is 5.75 Å². The van der Waals surface area contributed by atoms with Crippen molar-refractivity contribution in [2.24, 2.45) is 5.73 Å². The van der Waals surface area contributed by atoms with Gasteiger partial charge in [0.1, 0.15) is 11.9 Å². The summed E-state index contributed by atoms with van der Waals surface area (Å²) in [6, 6.07) is 3.69. The molecule has 0 unspecified atom stereocenters. The van der Waals surface area contributed by atoms with E-state index in [0.29, 0.717) is 6.54 Å². The van der Waals surface area contributed by atoms with E-state index in [0.717, 1.165) is 18.8 Å². The molecule has 80 valence electrons. The van der Waals surface area contributed by atoms with Gasteiger partial charge >= 0.3 is 0 Å². The number of amides is 1. The van der Waals surface area contributed by atoms with E-state index in [1.807, 2.05) is 17.0 Å². The molecule has 5 nitrogen and oxygen atoms in total. The van der Waals surface area contributed by atoms with Crippen molar-refractivity contribution >= 4 is 5.91 Å². The first kappa shape index (κ1) is 9.92. The molecular formula is C10H13N3O2. The van der Waals surface area contributed by atoms with Crippen molar-refractivity contribution < 1.29 is 9.53 Å². The highest BCUT2D eigenvalue weighted by molar-refractivity contribution is 5.76. The quantitative estimate of drug-likeness (QED) is 0.731. The summed E-state index contributed by atoms with van der Waals surface area (Å²) in [6.07, 6.45) is 3.53. The van der Waals surface area contributed by atoms with E-state index < -0.39 is 0 Å². The molecule has 0 saturated carbocycles. The van der Waals surface area contributed by atoms with Crippen molar-refractivity contribution in [3.63, 3.8) is 0 Å². The zero-order valence-electron chi connectivity index (χ0n) is 8.30. The van der Waals surface area contributed by atoms with Crippen molar-refractivity contribution in [1.29, 1.82) is 0 Å². The van der Waals surface area contributed by atoms with Gasteiger partial charge in [0.25, 0.3) is 0 Å². The smallest absolute Gasteiger partial charge is 0.231 e. The predicted octanol–water partition coefficient (Wildman–Crippen LogP) is -0.370.